The fourth-order valence-corrected chi connectivity index (χ4v) is 2.03. The molecule has 1 atom stereocenters. The Morgan fingerprint density at radius 3 is 2.93 bits per heavy atom. The molecule has 2 fully saturated rings. The second-order valence-electron chi connectivity index (χ2n) is 4.26. The highest BCUT2D eigenvalue weighted by Crippen LogP contribution is 2.11. The lowest BCUT2D eigenvalue weighted by Crippen LogP contribution is -2.43. The summed E-state index contributed by atoms with van der Waals surface area (Å²) in [5, 5.41) is 3.34. The summed E-state index contributed by atoms with van der Waals surface area (Å²) in [6.07, 6.45) is 2.39. The van der Waals surface area contributed by atoms with Crippen LogP contribution in [0.4, 0.5) is 0 Å². The van der Waals surface area contributed by atoms with Crippen LogP contribution in [0.1, 0.15) is 12.8 Å². The van der Waals surface area contributed by atoms with E-state index in [1.807, 2.05) is 0 Å². The lowest BCUT2D eigenvalue weighted by Gasteiger charge is -2.25. The molecule has 0 aromatic rings. The van der Waals surface area contributed by atoms with E-state index in [1.165, 1.54) is 12.8 Å². The van der Waals surface area contributed by atoms with Gasteiger partial charge >= 0.3 is 0 Å². The van der Waals surface area contributed by atoms with Crippen LogP contribution in [-0.4, -0.2) is 50.8 Å². The molecule has 3 nitrogen and oxygen atoms in total. The van der Waals surface area contributed by atoms with Crippen molar-refractivity contribution in [2.45, 2.75) is 12.8 Å². The first-order valence-electron chi connectivity index (χ1n) is 5.94. The average molecular weight is 208 g/mol. The van der Waals surface area contributed by atoms with E-state index in [0.717, 1.165) is 45.9 Å². The Hall–Kier alpha value is -0.560. The summed E-state index contributed by atoms with van der Waals surface area (Å²) in [5.74, 6) is 7.11. The molecule has 0 aliphatic carbocycles. The van der Waals surface area contributed by atoms with Crippen LogP contribution in [0, 0.1) is 17.8 Å². The van der Waals surface area contributed by atoms with Gasteiger partial charge in [-0.2, -0.15) is 0 Å². The topological polar surface area (TPSA) is 24.5 Å². The number of rotatable bonds is 1. The maximum Gasteiger partial charge on any atom is 0.0603 e. The number of nitrogens with one attached hydrogen (secondary N) is 1. The largest absolute Gasteiger partial charge is 0.380 e. The molecule has 0 aromatic carbocycles. The van der Waals surface area contributed by atoms with Crippen LogP contribution in [0.5, 0.6) is 0 Å². The average Bonchev–Trinajstić information content (AvgIpc) is 2.32. The third kappa shape index (κ3) is 3.83. The van der Waals surface area contributed by atoms with Crippen LogP contribution in [-0.2, 0) is 4.74 Å². The third-order valence-corrected chi connectivity index (χ3v) is 2.98. The third-order valence-electron chi connectivity index (χ3n) is 2.98. The minimum absolute atomic E-state index is 0.488. The molecule has 3 heteroatoms. The molecule has 84 valence electrons. The van der Waals surface area contributed by atoms with Crippen molar-refractivity contribution in [1.82, 2.24) is 10.2 Å². The molecule has 0 amide bonds. The molecule has 15 heavy (non-hydrogen) atoms. The predicted octanol–water partition coefficient (Wildman–Crippen LogP) is 0.322. The van der Waals surface area contributed by atoms with Gasteiger partial charge in [0.2, 0.25) is 0 Å². The van der Waals surface area contributed by atoms with Gasteiger partial charge in [-0.1, -0.05) is 11.8 Å². The van der Waals surface area contributed by atoms with Gasteiger partial charge in [-0.3, -0.25) is 4.90 Å². The van der Waals surface area contributed by atoms with Gasteiger partial charge in [0.1, 0.15) is 0 Å². The molecule has 2 heterocycles. The van der Waals surface area contributed by atoms with Crippen molar-refractivity contribution >= 4 is 0 Å². The fourth-order valence-electron chi connectivity index (χ4n) is 2.03. The predicted molar refractivity (Wildman–Crippen MR) is 60.6 cm³/mol. The molecular weight excluding hydrogens is 188 g/mol. The Morgan fingerprint density at radius 1 is 1.33 bits per heavy atom. The molecule has 1 N–H and O–H groups in total. The Labute approximate surface area is 92.2 Å². The van der Waals surface area contributed by atoms with Gasteiger partial charge in [-0.05, 0) is 12.8 Å². The van der Waals surface area contributed by atoms with Crippen molar-refractivity contribution in [3.8, 4) is 11.8 Å². The standard InChI is InChI=1S/C12H20N2O/c1(3-12-4-2-10-15-11-12)7-14-8-5-13-6-9-14/h12-13H,2,4-11H2. The van der Waals surface area contributed by atoms with Gasteiger partial charge in [0.25, 0.3) is 0 Å². The molecule has 0 spiro atoms. The number of piperazine rings is 1. The number of ether oxygens (including phenoxy) is 1. The SMILES string of the molecule is C(#CC1CCCOC1)CN1CCNCC1. The maximum absolute atomic E-state index is 5.40. The monoisotopic (exact) mass is 208 g/mol. The van der Waals surface area contributed by atoms with Crippen LogP contribution in [0.25, 0.3) is 0 Å². The molecule has 2 aliphatic heterocycles. The normalized spacial score (nSPS) is 28.1. The summed E-state index contributed by atoms with van der Waals surface area (Å²) in [6.45, 7) is 7.18. The van der Waals surface area contributed by atoms with Gasteiger partial charge in [-0.25, -0.2) is 0 Å². The van der Waals surface area contributed by atoms with Gasteiger partial charge < -0.3 is 10.1 Å². The Morgan fingerprint density at radius 2 is 2.20 bits per heavy atom. The molecule has 2 aliphatic rings. The van der Waals surface area contributed by atoms with E-state index < -0.39 is 0 Å². The Balaban J connectivity index is 1.68. The summed E-state index contributed by atoms with van der Waals surface area (Å²) in [7, 11) is 0. The molecule has 2 rings (SSSR count). The molecule has 0 saturated carbocycles. The van der Waals surface area contributed by atoms with E-state index in [1.54, 1.807) is 0 Å². The van der Waals surface area contributed by atoms with Crippen molar-refractivity contribution in [3.05, 3.63) is 0 Å². The van der Waals surface area contributed by atoms with Crippen LogP contribution in [0.3, 0.4) is 0 Å². The maximum atomic E-state index is 5.40. The first kappa shape index (κ1) is 10.9. The molecule has 0 aromatic heterocycles. The first-order valence-corrected chi connectivity index (χ1v) is 5.94. The van der Waals surface area contributed by atoms with E-state index in [0.29, 0.717) is 5.92 Å². The first-order chi connectivity index (χ1) is 7.45. The molecule has 0 radical (unpaired) electrons. The highest BCUT2D eigenvalue weighted by Gasteiger charge is 2.11. The molecule has 0 bridgehead atoms. The van der Waals surface area contributed by atoms with Gasteiger partial charge in [0.05, 0.1) is 13.2 Å². The summed E-state index contributed by atoms with van der Waals surface area (Å²) < 4.78 is 5.40. The van der Waals surface area contributed by atoms with Crippen molar-refractivity contribution in [3.63, 3.8) is 0 Å². The van der Waals surface area contributed by atoms with Gasteiger partial charge in [0.15, 0.2) is 0 Å². The van der Waals surface area contributed by atoms with Crippen molar-refractivity contribution < 1.29 is 4.74 Å². The second kappa shape index (κ2) is 6.12. The van der Waals surface area contributed by atoms with E-state index >= 15 is 0 Å². The molecular formula is C12H20N2O. The number of hydrogen-bond acceptors (Lipinski definition) is 3. The zero-order valence-corrected chi connectivity index (χ0v) is 9.30. The van der Waals surface area contributed by atoms with Crippen molar-refractivity contribution in [2.75, 3.05) is 45.9 Å². The zero-order chi connectivity index (χ0) is 10.3. The minimum Gasteiger partial charge on any atom is -0.380 e. The summed E-state index contributed by atoms with van der Waals surface area (Å²) in [4.78, 5) is 2.41. The number of hydrogen-bond donors (Lipinski definition) is 1. The van der Waals surface area contributed by atoms with Crippen LogP contribution in [0.2, 0.25) is 0 Å². The van der Waals surface area contributed by atoms with Gasteiger partial charge in [-0.15, -0.1) is 0 Å². The van der Waals surface area contributed by atoms with E-state index in [-0.39, 0.29) is 0 Å². The number of nitrogens with zero attached hydrogens (tertiary/aromatic N) is 1. The fraction of sp³-hybridized carbons (Fsp3) is 0.833. The van der Waals surface area contributed by atoms with Crippen LogP contribution in [0.15, 0.2) is 0 Å². The Bertz CT molecular complexity index is 232. The molecule has 2 saturated heterocycles. The zero-order valence-electron chi connectivity index (χ0n) is 9.30. The van der Waals surface area contributed by atoms with E-state index in [9.17, 15) is 0 Å². The lowest BCUT2D eigenvalue weighted by molar-refractivity contribution is 0.0739. The minimum atomic E-state index is 0.488. The van der Waals surface area contributed by atoms with Crippen molar-refractivity contribution in [1.29, 1.82) is 0 Å². The van der Waals surface area contributed by atoms with Crippen molar-refractivity contribution in [2.24, 2.45) is 5.92 Å². The summed E-state index contributed by atoms with van der Waals surface area (Å²) in [5.41, 5.74) is 0. The van der Waals surface area contributed by atoms with Gasteiger partial charge in [0, 0.05) is 38.7 Å². The summed E-state index contributed by atoms with van der Waals surface area (Å²) >= 11 is 0. The molecule has 1 unspecified atom stereocenters. The smallest absolute Gasteiger partial charge is 0.0603 e. The Kier molecular flexibility index (Phi) is 4.46. The van der Waals surface area contributed by atoms with Crippen LogP contribution >= 0.6 is 0 Å². The highest BCUT2D eigenvalue weighted by atomic mass is 16.5. The summed E-state index contributed by atoms with van der Waals surface area (Å²) in [6, 6.07) is 0. The van der Waals surface area contributed by atoms with E-state index in [4.69, 9.17) is 4.74 Å². The second-order valence-corrected chi connectivity index (χ2v) is 4.26. The quantitative estimate of drug-likeness (QED) is 0.628. The highest BCUT2D eigenvalue weighted by molar-refractivity contribution is 5.06. The van der Waals surface area contributed by atoms with Crippen LogP contribution < -0.4 is 5.32 Å². The van der Waals surface area contributed by atoms with E-state index in [2.05, 4.69) is 22.1 Å². The lowest BCUT2D eigenvalue weighted by atomic mass is 10.0.